The molecule has 0 unspecified atom stereocenters. The molecule has 0 radical (unpaired) electrons. The van der Waals surface area contributed by atoms with Crippen LogP contribution >= 0.6 is 23.7 Å². The van der Waals surface area contributed by atoms with Gasteiger partial charge in [-0.1, -0.05) is 18.9 Å². The summed E-state index contributed by atoms with van der Waals surface area (Å²) in [5.41, 5.74) is 5.45. The van der Waals surface area contributed by atoms with Crippen molar-refractivity contribution in [3.05, 3.63) is 22.4 Å². The van der Waals surface area contributed by atoms with E-state index in [1.165, 1.54) is 11.3 Å². The highest BCUT2D eigenvalue weighted by Crippen LogP contribution is 2.14. The lowest BCUT2D eigenvalue weighted by Crippen LogP contribution is -2.50. The summed E-state index contributed by atoms with van der Waals surface area (Å²) in [7, 11) is 0. The first kappa shape index (κ1) is 19.9. The first-order valence-electron chi connectivity index (χ1n) is 8.03. The fourth-order valence-corrected chi connectivity index (χ4v) is 3.34. The molecule has 0 aromatic carbocycles. The average Bonchev–Trinajstić information content (AvgIpc) is 3.08. The number of halogens is 1. The number of nitrogens with zero attached hydrogens (tertiary/aromatic N) is 2. The van der Waals surface area contributed by atoms with Crippen molar-refractivity contribution in [3.8, 4) is 0 Å². The number of carbonyl (C=O) groups excluding carboxylic acids is 2. The standard InChI is InChI=1S/C16H25N3O2S.ClH/c17-8-4-2-1-3-7-15(20)18-9-11-19(12-10-18)16(21)14-6-5-13-22-14;/h5-6,13H,1-4,7-12,17H2;1H. The third-order valence-corrected chi connectivity index (χ3v) is 4.85. The van der Waals surface area contributed by atoms with E-state index in [1.807, 2.05) is 27.3 Å². The number of amides is 2. The first-order chi connectivity index (χ1) is 10.7. The summed E-state index contributed by atoms with van der Waals surface area (Å²) in [4.78, 5) is 28.9. The van der Waals surface area contributed by atoms with Gasteiger partial charge in [-0.3, -0.25) is 9.59 Å². The largest absolute Gasteiger partial charge is 0.339 e. The van der Waals surface area contributed by atoms with E-state index < -0.39 is 0 Å². The molecule has 2 heterocycles. The van der Waals surface area contributed by atoms with Crippen molar-refractivity contribution >= 4 is 35.6 Å². The number of hydrogen-bond donors (Lipinski definition) is 1. The summed E-state index contributed by atoms with van der Waals surface area (Å²) in [6, 6.07) is 3.74. The molecule has 1 fully saturated rings. The van der Waals surface area contributed by atoms with E-state index in [-0.39, 0.29) is 24.2 Å². The average molecular weight is 360 g/mol. The van der Waals surface area contributed by atoms with Crippen LogP contribution in [-0.2, 0) is 4.79 Å². The lowest BCUT2D eigenvalue weighted by atomic mass is 10.1. The minimum atomic E-state index is 0. The van der Waals surface area contributed by atoms with Crippen LogP contribution in [0.1, 0.15) is 41.8 Å². The second kappa shape index (κ2) is 10.6. The van der Waals surface area contributed by atoms with Crippen molar-refractivity contribution in [2.24, 2.45) is 5.73 Å². The third kappa shape index (κ3) is 6.12. The highest BCUT2D eigenvalue weighted by Gasteiger charge is 2.24. The Morgan fingerprint density at radius 2 is 1.70 bits per heavy atom. The molecule has 1 aliphatic rings. The molecular weight excluding hydrogens is 334 g/mol. The van der Waals surface area contributed by atoms with Gasteiger partial charge in [0.1, 0.15) is 0 Å². The monoisotopic (exact) mass is 359 g/mol. The molecule has 130 valence electrons. The van der Waals surface area contributed by atoms with Gasteiger partial charge >= 0.3 is 0 Å². The summed E-state index contributed by atoms with van der Waals surface area (Å²) >= 11 is 1.47. The minimum Gasteiger partial charge on any atom is -0.339 e. The summed E-state index contributed by atoms with van der Waals surface area (Å²) < 4.78 is 0. The first-order valence-corrected chi connectivity index (χ1v) is 8.91. The summed E-state index contributed by atoms with van der Waals surface area (Å²) in [6.45, 7) is 3.30. The van der Waals surface area contributed by atoms with Crippen molar-refractivity contribution in [1.29, 1.82) is 0 Å². The Morgan fingerprint density at radius 3 is 2.30 bits per heavy atom. The molecular formula is C16H26ClN3O2S. The van der Waals surface area contributed by atoms with Crippen molar-refractivity contribution in [2.45, 2.75) is 32.1 Å². The van der Waals surface area contributed by atoms with E-state index in [0.29, 0.717) is 32.6 Å². The Bertz CT molecular complexity index is 474. The Kier molecular flexibility index (Phi) is 9.21. The lowest BCUT2D eigenvalue weighted by Gasteiger charge is -2.34. The van der Waals surface area contributed by atoms with Crippen LogP contribution in [0.2, 0.25) is 0 Å². The SMILES string of the molecule is Cl.NCCCCCCC(=O)N1CCN(C(=O)c2cccs2)CC1. The molecule has 0 atom stereocenters. The summed E-state index contributed by atoms with van der Waals surface area (Å²) in [5, 5.41) is 1.91. The maximum Gasteiger partial charge on any atom is 0.264 e. The molecule has 1 aliphatic heterocycles. The molecule has 5 nitrogen and oxygen atoms in total. The van der Waals surface area contributed by atoms with Crippen LogP contribution in [0.4, 0.5) is 0 Å². The number of thiophene rings is 1. The van der Waals surface area contributed by atoms with Gasteiger partial charge in [0.2, 0.25) is 5.91 Å². The number of piperazine rings is 1. The van der Waals surface area contributed by atoms with Gasteiger partial charge in [0, 0.05) is 32.6 Å². The van der Waals surface area contributed by atoms with Crippen LogP contribution in [0.15, 0.2) is 17.5 Å². The van der Waals surface area contributed by atoms with E-state index in [4.69, 9.17) is 5.73 Å². The smallest absolute Gasteiger partial charge is 0.264 e. The second-order valence-corrected chi connectivity index (χ2v) is 6.55. The topological polar surface area (TPSA) is 66.6 Å². The van der Waals surface area contributed by atoms with Gasteiger partial charge < -0.3 is 15.5 Å². The van der Waals surface area contributed by atoms with Gasteiger partial charge in [0.15, 0.2) is 0 Å². The number of rotatable bonds is 7. The molecule has 0 aliphatic carbocycles. The van der Waals surface area contributed by atoms with Gasteiger partial charge in [-0.15, -0.1) is 23.7 Å². The van der Waals surface area contributed by atoms with Crippen LogP contribution in [0.5, 0.6) is 0 Å². The zero-order valence-corrected chi connectivity index (χ0v) is 15.0. The fraction of sp³-hybridized carbons (Fsp3) is 0.625. The molecule has 2 rings (SSSR count). The number of nitrogens with two attached hydrogens (primary N) is 1. The second-order valence-electron chi connectivity index (χ2n) is 5.60. The zero-order chi connectivity index (χ0) is 15.8. The van der Waals surface area contributed by atoms with Crippen LogP contribution in [-0.4, -0.2) is 54.3 Å². The van der Waals surface area contributed by atoms with Gasteiger partial charge in [-0.25, -0.2) is 0 Å². The Labute approximate surface area is 148 Å². The van der Waals surface area contributed by atoms with E-state index in [9.17, 15) is 9.59 Å². The number of carbonyl (C=O) groups is 2. The molecule has 0 saturated carbocycles. The van der Waals surface area contributed by atoms with Crippen molar-refractivity contribution in [3.63, 3.8) is 0 Å². The predicted molar refractivity (Wildman–Crippen MR) is 96.2 cm³/mol. The molecule has 7 heteroatoms. The molecule has 2 amide bonds. The molecule has 1 aromatic heterocycles. The highest BCUT2D eigenvalue weighted by atomic mass is 35.5. The Balaban J connectivity index is 0.00000264. The summed E-state index contributed by atoms with van der Waals surface area (Å²) in [5.74, 6) is 0.305. The summed E-state index contributed by atoms with van der Waals surface area (Å²) in [6.07, 6.45) is 4.76. The van der Waals surface area contributed by atoms with Crippen LogP contribution in [0.3, 0.4) is 0 Å². The normalized spacial score (nSPS) is 14.5. The molecule has 1 saturated heterocycles. The maximum atomic E-state index is 12.2. The Hall–Kier alpha value is -1.11. The van der Waals surface area contributed by atoms with Crippen LogP contribution in [0.25, 0.3) is 0 Å². The molecule has 0 bridgehead atoms. The lowest BCUT2D eigenvalue weighted by molar-refractivity contribution is -0.132. The predicted octanol–water partition coefficient (Wildman–Crippen LogP) is 2.36. The van der Waals surface area contributed by atoms with Crippen LogP contribution < -0.4 is 5.73 Å². The fourth-order valence-electron chi connectivity index (χ4n) is 2.65. The van der Waals surface area contributed by atoms with E-state index in [1.54, 1.807) is 0 Å². The Morgan fingerprint density at radius 1 is 1.04 bits per heavy atom. The zero-order valence-electron chi connectivity index (χ0n) is 13.4. The minimum absolute atomic E-state index is 0. The number of hydrogen-bond acceptors (Lipinski definition) is 4. The van der Waals surface area contributed by atoms with E-state index >= 15 is 0 Å². The van der Waals surface area contributed by atoms with Gasteiger partial charge in [0.25, 0.3) is 5.91 Å². The number of unbranched alkanes of at least 4 members (excludes halogenated alkanes) is 3. The maximum absolute atomic E-state index is 12.2. The van der Waals surface area contributed by atoms with Crippen LogP contribution in [0, 0.1) is 0 Å². The van der Waals surface area contributed by atoms with E-state index in [2.05, 4.69) is 0 Å². The third-order valence-electron chi connectivity index (χ3n) is 4.00. The van der Waals surface area contributed by atoms with Crippen molar-refractivity contribution in [1.82, 2.24) is 9.80 Å². The van der Waals surface area contributed by atoms with Crippen molar-refractivity contribution < 1.29 is 9.59 Å². The van der Waals surface area contributed by atoms with E-state index in [0.717, 1.165) is 37.1 Å². The van der Waals surface area contributed by atoms with Gasteiger partial charge in [-0.2, -0.15) is 0 Å². The molecule has 23 heavy (non-hydrogen) atoms. The molecule has 2 N–H and O–H groups in total. The van der Waals surface area contributed by atoms with Crippen molar-refractivity contribution in [2.75, 3.05) is 32.7 Å². The quantitative estimate of drug-likeness (QED) is 0.760. The molecule has 1 aromatic rings. The van der Waals surface area contributed by atoms with Gasteiger partial charge in [0.05, 0.1) is 4.88 Å². The van der Waals surface area contributed by atoms with Gasteiger partial charge in [-0.05, 0) is 30.8 Å². The highest BCUT2D eigenvalue weighted by molar-refractivity contribution is 7.12. The molecule has 0 spiro atoms.